The highest BCUT2D eigenvalue weighted by Crippen LogP contribution is 2.56. The van der Waals surface area contributed by atoms with Crippen LogP contribution in [-0.4, -0.2) is 26.2 Å². The first-order chi connectivity index (χ1) is 8.88. The molecule has 0 unspecified atom stereocenters. The molecule has 3 fully saturated rings. The maximum Gasteiger partial charge on any atom is 0.0366 e. The Morgan fingerprint density at radius 3 is 2.44 bits per heavy atom. The van der Waals surface area contributed by atoms with E-state index in [1.807, 2.05) is 0 Å². The second kappa shape index (κ2) is 3.99. The summed E-state index contributed by atoms with van der Waals surface area (Å²) in [6.07, 6.45) is 5.53. The standard InChI is InChI=1S/C16H22N2/c1-2-8-18(9-3-1)15-6-4-13(5-7-15)16-10-14(16)11-17-12-16/h4-7,14,17H,1-3,8-12H2/t14-,16+/m0/s1. The first kappa shape index (κ1) is 10.9. The molecule has 0 radical (unpaired) electrons. The number of benzene rings is 1. The van der Waals surface area contributed by atoms with Gasteiger partial charge in [-0.25, -0.2) is 0 Å². The Balaban J connectivity index is 1.54. The molecule has 1 saturated carbocycles. The van der Waals surface area contributed by atoms with Crippen LogP contribution in [0.15, 0.2) is 24.3 Å². The van der Waals surface area contributed by atoms with Gasteiger partial charge in [0, 0.05) is 30.7 Å². The highest BCUT2D eigenvalue weighted by Gasteiger charge is 2.57. The number of nitrogens with zero attached hydrogens (tertiary/aromatic N) is 1. The molecule has 1 N–H and O–H groups in total. The van der Waals surface area contributed by atoms with Crippen LogP contribution in [0.5, 0.6) is 0 Å². The zero-order valence-corrected chi connectivity index (χ0v) is 11.0. The number of fused-ring (bicyclic) bond motifs is 1. The highest BCUT2D eigenvalue weighted by atomic mass is 15.1. The van der Waals surface area contributed by atoms with Crippen molar-refractivity contribution >= 4 is 5.69 Å². The fourth-order valence-corrected chi connectivity index (χ4v) is 3.95. The summed E-state index contributed by atoms with van der Waals surface area (Å²) in [6.45, 7) is 4.91. The molecule has 0 aromatic heterocycles. The van der Waals surface area contributed by atoms with Gasteiger partial charge in [0.15, 0.2) is 0 Å². The molecule has 4 rings (SSSR count). The van der Waals surface area contributed by atoms with E-state index in [2.05, 4.69) is 34.5 Å². The quantitative estimate of drug-likeness (QED) is 0.857. The lowest BCUT2D eigenvalue weighted by Crippen LogP contribution is -2.29. The van der Waals surface area contributed by atoms with E-state index >= 15 is 0 Å². The van der Waals surface area contributed by atoms with Crippen LogP contribution < -0.4 is 10.2 Å². The lowest BCUT2D eigenvalue weighted by Gasteiger charge is -2.29. The predicted molar refractivity (Wildman–Crippen MR) is 75.2 cm³/mol. The Kier molecular flexibility index (Phi) is 2.41. The first-order valence-electron chi connectivity index (χ1n) is 7.45. The van der Waals surface area contributed by atoms with Crippen molar-refractivity contribution in [3.05, 3.63) is 29.8 Å². The normalized spacial score (nSPS) is 34.4. The van der Waals surface area contributed by atoms with Crippen LogP contribution in [0.2, 0.25) is 0 Å². The summed E-state index contributed by atoms with van der Waals surface area (Å²) < 4.78 is 0. The number of piperidine rings is 2. The maximum absolute atomic E-state index is 3.53. The lowest BCUT2D eigenvalue weighted by atomic mass is 9.95. The van der Waals surface area contributed by atoms with E-state index in [0.717, 1.165) is 5.92 Å². The number of rotatable bonds is 2. The molecule has 3 aliphatic rings. The molecule has 1 aromatic rings. The zero-order chi connectivity index (χ0) is 12.0. The molecule has 0 amide bonds. The Morgan fingerprint density at radius 1 is 1.06 bits per heavy atom. The van der Waals surface area contributed by atoms with Crippen molar-refractivity contribution < 1.29 is 0 Å². The molecule has 2 atom stereocenters. The third-order valence-corrected chi connectivity index (χ3v) is 5.23. The summed E-state index contributed by atoms with van der Waals surface area (Å²) in [5.74, 6) is 0.915. The van der Waals surface area contributed by atoms with E-state index in [1.165, 1.54) is 57.5 Å². The Labute approximate surface area is 109 Å². The molecule has 2 aliphatic heterocycles. The van der Waals surface area contributed by atoms with Crippen LogP contribution >= 0.6 is 0 Å². The van der Waals surface area contributed by atoms with Gasteiger partial charge in [-0.2, -0.15) is 0 Å². The Morgan fingerprint density at radius 2 is 1.83 bits per heavy atom. The van der Waals surface area contributed by atoms with Gasteiger partial charge < -0.3 is 10.2 Å². The van der Waals surface area contributed by atoms with Crippen LogP contribution in [0, 0.1) is 5.92 Å². The van der Waals surface area contributed by atoms with Gasteiger partial charge >= 0.3 is 0 Å². The number of hydrogen-bond donors (Lipinski definition) is 1. The minimum atomic E-state index is 0.514. The molecule has 2 nitrogen and oxygen atoms in total. The van der Waals surface area contributed by atoms with Crippen molar-refractivity contribution in [2.24, 2.45) is 5.92 Å². The van der Waals surface area contributed by atoms with E-state index in [4.69, 9.17) is 0 Å². The van der Waals surface area contributed by atoms with Crippen LogP contribution in [-0.2, 0) is 5.41 Å². The highest BCUT2D eigenvalue weighted by molar-refractivity contribution is 5.50. The van der Waals surface area contributed by atoms with E-state index in [-0.39, 0.29) is 0 Å². The van der Waals surface area contributed by atoms with Crippen LogP contribution in [0.1, 0.15) is 31.2 Å². The molecular weight excluding hydrogens is 220 g/mol. The van der Waals surface area contributed by atoms with Gasteiger partial charge in [0.05, 0.1) is 0 Å². The Bertz CT molecular complexity index is 433. The fraction of sp³-hybridized carbons (Fsp3) is 0.625. The summed E-state index contributed by atoms with van der Waals surface area (Å²) in [5.41, 5.74) is 3.51. The van der Waals surface area contributed by atoms with Crippen LogP contribution in [0.4, 0.5) is 5.69 Å². The molecule has 2 heteroatoms. The summed E-state index contributed by atoms with van der Waals surface area (Å²) in [4.78, 5) is 2.54. The number of nitrogens with one attached hydrogen (secondary N) is 1. The van der Waals surface area contributed by atoms with Crippen molar-refractivity contribution in [3.8, 4) is 0 Å². The molecule has 96 valence electrons. The van der Waals surface area contributed by atoms with Crippen LogP contribution in [0.3, 0.4) is 0 Å². The summed E-state index contributed by atoms with van der Waals surface area (Å²) in [5, 5.41) is 3.53. The van der Waals surface area contributed by atoms with Crippen molar-refractivity contribution in [2.75, 3.05) is 31.1 Å². The van der Waals surface area contributed by atoms with Gasteiger partial charge in [-0.15, -0.1) is 0 Å². The molecular formula is C16H22N2. The third-order valence-electron chi connectivity index (χ3n) is 5.23. The minimum Gasteiger partial charge on any atom is -0.372 e. The second-order valence-corrected chi connectivity index (χ2v) is 6.28. The fourth-order valence-electron chi connectivity index (χ4n) is 3.95. The molecule has 1 aliphatic carbocycles. The number of anilines is 1. The predicted octanol–water partition coefficient (Wildman–Crippen LogP) is 2.54. The Hall–Kier alpha value is -1.02. The van der Waals surface area contributed by atoms with Gasteiger partial charge in [-0.1, -0.05) is 12.1 Å². The van der Waals surface area contributed by atoms with Gasteiger partial charge in [0.2, 0.25) is 0 Å². The molecule has 1 aromatic carbocycles. The topological polar surface area (TPSA) is 15.3 Å². The summed E-state index contributed by atoms with van der Waals surface area (Å²) in [7, 11) is 0. The molecule has 0 spiro atoms. The first-order valence-corrected chi connectivity index (χ1v) is 7.45. The van der Waals surface area contributed by atoms with Crippen molar-refractivity contribution in [2.45, 2.75) is 31.1 Å². The van der Waals surface area contributed by atoms with E-state index in [9.17, 15) is 0 Å². The van der Waals surface area contributed by atoms with Gasteiger partial charge in [0.25, 0.3) is 0 Å². The summed E-state index contributed by atoms with van der Waals surface area (Å²) in [6, 6.07) is 9.47. The van der Waals surface area contributed by atoms with Crippen LogP contribution in [0.25, 0.3) is 0 Å². The van der Waals surface area contributed by atoms with Gasteiger partial charge in [-0.05, 0) is 55.8 Å². The molecule has 18 heavy (non-hydrogen) atoms. The minimum absolute atomic E-state index is 0.514. The van der Waals surface area contributed by atoms with Gasteiger partial charge in [0.1, 0.15) is 0 Å². The average Bonchev–Trinajstić information content (AvgIpc) is 3.02. The average molecular weight is 242 g/mol. The molecule has 2 heterocycles. The summed E-state index contributed by atoms with van der Waals surface area (Å²) >= 11 is 0. The number of hydrogen-bond acceptors (Lipinski definition) is 2. The maximum atomic E-state index is 3.53. The zero-order valence-electron chi connectivity index (χ0n) is 11.0. The van der Waals surface area contributed by atoms with Crippen molar-refractivity contribution in [3.63, 3.8) is 0 Å². The second-order valence-electron chi connectivity index (χ2n) is 6.28. The monoisotopic (exact) mass is 242 g/mol. The lowest BCUT2D eigenvalue weighted by molar-refractivity contribution is 0.577. The third kappa shape index (κ3) is 1.58. The van der Waals surface area contributed by atoms with E-state index < -0.39 is 0 Å². The molecule has 2 saturated heterocycles. The SMILES string of the molecule is c1cc([C@@]23CNC[C@@H]2C3)ccc1N1CCCCC1. The van der Waals surface area contributed by atoms with Crippen molar-refractivity contribution in [1.82, 2.24) is 5.32 Å². The van der Waals surface area contributed by atoms with E-state index in [0.29, 0.717) is 5.41 Å². The van der Waals surface area contributed by atoms with Crippen molar-refractivity contribution in [1.29, 1.82) is 0 Å². The van der Waals surface area contributed by atoms with E-state index in [1.54, 1.807) is 5.56 Å². The molecule has 0 bridgehead atoms. The smallest absolute Gasteiger partial charge is 0.0366 e. The van der Waals surface area contributed by atoms with Gasteiger partial charge in [-0.3, -0.25) is 0 Å². The largest absolute Gasteiger partial charge is 0.372 e.